The van der Waals surface area contributed by atoms with E-state index in [1.165, 1.54) is 19.0 Å². The van der Waals surface area contributed by atoms with Gasteiger partial charge in [-0.3, -0.25) is 14.8 Å². The van der Waals surface area contributed by atoms with E-state index in [1.54, 1.807) is 6.20 Å². The van der Waals surface area contributed by atoms with Crippen LogP contribution in [0.3, 0.4) is 0 Å². The van der Waals surface area contributed by atoms with E-state index in [4.69, 9.17) is 0 Å². The van der Waals surface area contributed by atoms with Crippen LogP contribution in [0.25, 0.3) is 0 Å². The van der Waals surface area contributed by atoms with Crippen LogP contribution in [0.5, 0.6) is 0 Å². The van der Waals surface area contributed by atoms with Crippen LogP contribution in [0, 0.1) is 6.92 Å². The molecule has 2 aromatic rings. The average Bonchev–Trinajstić information content (AvgIpc) is 3.31. The maximum atomic E-state index is 11.9. The maximum Gasteiger partial charge on any atom is 0.271 e. The number of aryl methyl sites for hydroxylation is 1. The third-order valence-corrected chi connectivity index (χ3v) is 3.31. The van der Waals surface area contributed by atoms with Gasteiger partial charge in [0.05, 0.1) is 11.9 Å². The normalized spacial score (nSPS) is 14.1. The van der Waals surface area contributed by atoms with Crippen LogP contribution in [0.15, 0.2) is 30.7 Å². The van der Waals surface area contributed by atoms with E-state index >= 15 is 0 Å². The minimum Gasteiger partial charge on any atom is -0.347 e. The summed E-state index contributed by atoms with van der Waals surface area (Å²) in [7, 11) is 0. The Morgan fingerprint density at radius 2 is 2.05 bits per heavy atom. The lowest BCUT2D eigenvalue weighted by Gasteiger charge is -2.05. The van der Waals surface area contributed by atoms with Crippen LogP contribution in [-0.2, 0) is 6.54 Å². The molecule has 0 saturated heterocycles. The fraction of sp³-hybridized carbons (Fsp3) is 0.333. The summed E-state index contributed by atoms with van der Waals surface area (Å²) in [5.41, 5.74) is 3.27. The van der Waals surface area contributed by atoms with E-state index in [-0.39, 0.29) is 5.91 Å². The van der Waals surface area contributed by atoms with Crippen molar-refractivity contribution in [2.45, 2.75) is 32.2 Å². The molecule has 2 aromatic heterocycles. The highest BCUT2D eigenvalue weighted by Crippen LogP contribution is 2.38. The first kappa shape index (κ1) is 12.7. The fourth-order valence-corrected chi connectivity index (χ4v) is 1.94. The van der Waals surface area contributed by atoms with Crippen molar-refractivity contribution in [3.05, 3.63) is 53.4 Å². The van der Waals surface area contributed by atoms with Crippen LogP contribution in [-0.4, -0.2) is 20.9 Å². The lowest BCUT2D eigenvalue weighted by molar-refractivity contribution is 0.0945. The zero-order valence-electron chi connectivity index (χ0n) is 11.3. The zero-order chi connectivity index (χ0) is 13.9. The summed E-state index contributed by atoms with van der Waals surface area (Å²) in [5, 5.41) is 2.82. The van der Waals surface area contributed by atoms with Crippen LogP contribution in [0.1, 0.15) is 46.2 Å². The molecule has 0 radical (unpaired) electrons. The number of hydrogen-bond donors (Lipinski definition) is 1. The van der Waals surface area contributed by atoms with Gasteiger partial charge in [0.1, 0.15) is 5.69 Å². The first-order valence-corrected chi connectivity index (χ1v) is 6.74. The number of hydrogen-bond acceptors (Lipinski definition) is 4. The Labute approximate surface area is 117 Å². The summed E-state index contributed by atoms with van der Waals surface area (Å²) in [6, 6.07) is 4.06. The molecule has 102 valence electrons. The molecule has 0 spiro atoms. The Balaban J connectivity index is 1.58. The molecule has 0 unspecified atom stereocenters. The molecule has 0 atom stereocenters. The third-order valence-electron chi connectivity index (χ3n) is 3.31. The van der Waals surface area contributed by atoms with Gasteiger partial charge < -0.3 is 5.32 Å². The maximum absolute atomic E-state index is 11.9. The van der Waals surface area contributed by atoms with Crippen molar-refractivity contribution in [3.63, 3.8) is 0 Å². The van der Waals surface area contributed by atoms with E-state index in [0.29, 0.717) is 18.2 Å². The van der Waals surface area contributed by atoms with E-state index in [2.05, 4.69) is 20.3 Å². The average molecular weight is 268 g/mol. The molecule has 1 fully saturated rings. The van der Waals surface area contributed by atoms with Crippen LogP contribution < -0.4 is 5.32 Å². The molecule has 5 nitrogen and oxygen atoms in total. The van der Waals surface area contributed by atoms with Gasteiger partial charge in [-0.25, -0.2) is 4.98 Å². The number of pyridine rings is 1. The number of aromatic nitrogens is 3. The molecular weight excluding hydrogens is 252 g/mol. The SMILES string of the molecule is Cc1cnc(C(=O)NCc2ccc(C3CC3)nc2)cn1. The quantitative estimate of drug-likeness (QED) is 0.920. The van der Waals surface area contributed by atoms with Crippen molar-refractivity contribution in [2.24, 2.45) is 0 Å². The molecule has 1 aliphatic rings. The largest absolute Gasteiger partial charge is 0.347 e. The van der Waals surface area contributed by atoms with Crippen molar-refractivity contribution in [2.75, 3.05) is 0 Å². The second kappa shape index (κ2) is 5.36. The van der Waals surface area contributed by atoms with Gasteiger partial charge in [-0.15, -0.1) is 0 Å². The van der Waals surface area contributed by atoms with Gasteiger partial charge in [-0.05, 0) is 31.4 Å². The molecule has 0 aliphatic heterocycles. The Hall–Kier alpha value is -2.30. The van der Waals surface area contributed by atoms with Crippen molar-refractivity contribution in [1.29, 1.82) is 0 Å². The number of nitrogens with one attached hydrogen (secondary N) is 1. The molecule has 0 bridgehead atoms. The lowest BCUT2D eigenvalue weighted by Crippen LogP contribution is -2.24. The fourth-order valence-electron chi connectivity index (χ4n) is 1.94. The second-order valence-corrected chi connectivity index (χ2v) is 5.09. The van der Waals surface area contributed by atoms with Gasteiger partial charge in [0.2, 0.25) is 0 Å². The summed E-state index contributed by atoms with van der Waals surface area (Å²) in [6.07, 6.45) is 7.39. The molecule has 20 heavy (non-hydrogen) atoms. The number of carbonyl (C=O) groups is 1. The van der Waals surface area contributed by atoms with Gasteiger partial charge in [0.15, 0.2) is 0 Å². The molecule has 0 aromatic carbocycles. The summed E-state index contributed by atoms with van der Waals surface area (Å²) >= 11 is 0. The third kappa shape index (κ3) is 2.99. The topological polar surface area (TPSA) is 67.8 Å². The van der Waals surface area contributed by atoms with E-state index in [9.17, 15) is 4.79 Å². The molecular formula is C15H16N4O. The van der Waals surface area contributed by atoms with Crippen molar-refractivity contribution in [3.8, 4) is 0 Å². The Bertz CT molecular complexity index is 603. The predicted octanol–water partition coefficient (Wildman–Crippen LogP) is 1.99. The van der Waals surface area contributed by atoms with Crippen LogP contribution >= 0.6 is 0 Å². The number of carbonyl (C=O) groups excluding carboxylic acids is 1. The molecule has 1 saturated carbocycles. The van der Waals surface area contributed by atoms with E-state index in [0.717, 1.165) is 17.0 Å². The lowest BCUT2D eigenvalue weighted by atomic mass is 10.2. The number of rotatable bonds is 4. The molecule has 3 rings (SSSR count). The van der Waals surface area contributed by atoms with E-state index < -0.39 is 0 Å². The van der Waals surface area contributed by atoms with E-state index in [1.807, 2.05) is 25.3 Å². The monoisotopic (exact) mass is 268 g/mol. The smallest absolute Gasteiger partial charge is 0.271 e. The molecule has 5 heteroatoms. The van der Waals surface area contributed by atoms with Crippen LogP contribution in [0.2, 0.25) is 0 Å². The minimum absolute atomic E-state index is 0.219. The highest BCUT2D eigenvalue weighted by Gasteiger charge is 2.24. The first-order valence-electron chi connectivity index (χ1n) is 6.74. The molecule has 2 heterocycles. The molecule has 1 aliphatic carbocycles. The highest BCUT2D eigenvalue weighted by molar-refractivity contribution is 5.91. The van der Waals surface area contributed by atoms with Gasteiger partial charge in [0.25, 0.3) is 5.91 Å². The summed E-state index contributed by atoms with van der Waals surface area (Å²) in [4.78, 5) is 24.4. The molecule has 1 N–H and O–H groups in total. The van der Waals surface area contributed by atoms with Crippen molar-refractivity contribution < 1.29 is 4.79 Å². The van der Waals surface area contributed by atoms with Gasteiger partial charge in [0, 0.05) is 30.6 Å². The molecule has 1 amide bonds. The summed E-state index contributed by atoms with van der Waals surface area (Å²) in [6.45, 7) is 2.29. The standard InChI is InChI=1S/C15H16N4O/c1-10-6-17-14(9-16-10)15(20)19-8-11-2-5-13(18-7-11)12-3-4-12/h2,5-7,9,12H,3-4,8H2,1H3,(H,19,20). The Morgan fingerprint density at radius 3 is 2.65 bits per heavy atom. The van der Waals surface area contributed by atoms with Gasteiger partial charge in [-0.1, -0.05) is 6.07 Å². The Morgan fingerprint density at radius 1 is 1.20 bits per heavy atom. The van der Waals surface area contributed by atoms with Crippen molar-refractivity contribution in [1.82, 2.24) is 20.3 Å². The minimum atomic E-state index is -0.219. The van der Waals surface area contributed by atoms with Crippen molar-refractivity contribution >= 4 is 5.91 Å². The number of nitrogens with zero attached hydrogens (tertiary/aromatic N) is 3. The zero-order valence-corrected chi connectivity index (χ0v) is 11.3. The second-order valence-electron chi connectivity index (χ2n) is 5.09. The predicted molar refractivity (Wildman–Crippen MR) is 74.2 cm³/mol. The first-order chi connectivity index (χ1) is 9.72. The Kier molecular flexibility index (Phi) is 3.41. The van der Waals surface area contributed by atoms with Crippen LogP contribution in [0.4, 0.5) is 0 Å². The summed E-state index contributed by atoms with van der Waals surface area (Å²) < 4.78 is 0. The highest BCUT2D eigenvalue weighted by atomic mass is 16.1. The number of amides is 1. The van der Waals surface area contributed by atoms with Gasteiger partial charge in [-0.2, -0.15) is 0 Å². The van der Waals surface area contributed by atoms with Gasteiger partial charge >= 0.3 is 0 Å². The summed E-state index contributed by atoms with van der Waals surface area (Å²) in [5.74, 6) is 0.435.